The summed E-state index contributed by atoms with van der Waals surface area (Å²) in [6.07, 6.45) is 10.9. The molecule has 2 aliphatic carbocycles. The van der Waals surface area contributed by atoms with E-state index in [0.717, 1.165) is 31.6 Å². The van der Waals surface area contributed by atoms with Crippen molar-refractivity contribution in [2.24, 2.45) is 5.92 Å². The molecule has 0 amide bonds. The molecule has 1 atom stereocenters. The van der Waals surface area contributed by atoms with Gasteiger partial charge in [-0.25, -0.2) is 0 Å². The van der Waals surface area contributed by atoms with Crippen molar-refractivity contribution in [1.82, 2.24) is 10.3 Å². The van der Waals surface area contributed by atoms with E-state index < -0.39 is 5.60 Å². The topological polar surface area (TPSA) is 45.1 Å². The summed E-state index contributed by atoms with van der Waals surface area (Å²) in [5.41, 5.74) is 2.08. The number of hydrogen-bond donors (Lipinski definition) is 2. The highest BCUT2D eigenvalue weighted by Gasteiger charge is 2.33. The molecular weight excluding hydrogens is 260 g/mol. The Morgan fingerprint density at radius 1 is 1.33 bits per heavy atom. The smallest absolute Gasteiger partial charge is 0.0772 e. The van der Waals surface area contributed by atoms with Crippen LogP contribution in [0.4, 0.5) is 0 Å². The molecule has 3 nitrogen and oxygen atoms in total. The van der Waals surface area contributed by atoms with Gasteiger partial charge in [0.1, 0.15) is 0 Å². The van der Waals surface area contributed by atoms with Gasteiger partial charge in [-0.15, -0.1) is 0 Å². The molecule has 2 N–H and O–H groups in total. The minimum atomic E-state index is -0.502. The molecule has 116 valence electrons. The quantitative estimate of drug-likeness (QED) is 0.893. The van der Waals surface area contributed by atoms with Crippen molar-refractivity contribution in [1.29, 1.82) is 0 Å². The van der Waals surface area contributed by atoms with Crippen molar-refractivity contribution >= 4 is 0 Å². The Morgan fingerprint density at radius 3 is 2.90 bits per heavy atom. The number of rotatable bonds is 4. The first-order valence-corrected chi connectivity index (χ1v) is 8.60. The fourth-order valence-corrected chi connectivity index (χ4v) is 3.92. The van der Waals surface area contributed by atoms with Crippen molar-refractivity contribution in [3.63, 3.8) is 0 Å². The molecule has 21 heavy (non-hydrogen) atoms. The summed E-state index contributed by atoms with van der Waals surface area (Å²) in [6, 6.07) is 4.54. The Labute approximate surface area is 128 Å². The van der Waals surface area contributed by atoms with Crippen molar-refractivity contribution < 1.29 is 5.11 Å². The maximum atomic E-state index is 10.8. The van der Waals surface area contributed by atoms with E-state index in [-0.39, 0.29) is 0 Å². The first-order valence-electron chi connectivity index (χ1n) is 8.60. The second-order valence-electron chi connectivity index (χ2n) is 6.95. The average molecular weight is 288 g/mol. The average Bonchev–Trinajstić information content (AvgIpc) is 2.54. The Balaban J connectivity index is 1.59. The third-order valence-electron chi connectivity index (χ3n) is 5.49. The van der Waals surface area contributed by atoms with Gasteiger partial charge in [-0.1, -0.05) is 19.4 Å². The van der Waals surface area contributed by atoms with Gasteiger partial charge in [-0.3, -0.25) is 4.98 Å². The highest BCUT2D eigenvalue weighted by atomic mass is 16.3. The third kappa shape index (κ3) is 3.46. The minimum Gasteiger partial charge on any atom is -0.389 e. The number of aryl methyl sites for hydroxylation is 1. The molecule has 2 aliphatic rings. The zero-order valence-corrected chi connectivity index (χ0v) is 13.1. The van der Waals surface area contributed by atoms with Crippen LogP contribution in [0.1, 0.15) is 69.2 Å². The van der Waals surface area contributed by atoms with E-state index in [9.17, 15) is 5.11 Å². The fraction of sp³-hybridized carbons (Fsp3) is 0.722. The van der Waals surface area contributed by atoms with Crippen LogP contribution in [0.15, 0.2) is 18.3 Å². The molecule has 1 heterocycles. The summed E-state index contributed by atoms with van der Waals surface area (Å²) < 4.78 is 0. The monoisotopic (exact) mass is 288 g/mol. The number of aromatic nitrogens is 1. The molecule has 3 heteroatoms. The highest BCUT2D eigenvalue weighted by Crippen LogP contribution is 2.34. The maximum Gasteiger partial charge on any atom is 0.0772 e. The zero-order chi connectivity index (χ0) is 14.7. The SMILES string of the molecule is CCC1CCC(O)(CNC2CCCc3cccnc32)CC1. The van der Waals surface area contributed by atoms with Crippen LogP contribution in [-0.2, 0) is 6.42 Å². The van der Waals surface area contributed by atoms with Gasteiger partial charge < -0.3 is 10.4 Å². The second kappa shape index (κ2) is 6.45. The van der Waals surface area contributed by atoms with Crippen LogP contribution >= 0.6 is 0 Å². The van der Waals surface area contributed by atoms with Gasteiger partial charge in [0, 0.05) is 18.8 Å². The molecule has 0 radical (unpaired) electrons. The number of fused-ring (bicyclic) bond motifs is 1. The third-order valence-corrected chi connectivity index (χ3v) is 5.49. The van der Waals surface area contributed by atoms with E-state index in [1.54, 1.807) is 0 Å². The van der Waals surface area contributed by atoms with Crippen molar-refractivity contribution in [3.8, 4) is 0 Å². The summed E-state index contributed by atoms with van der Waals surface area (Å²) in [6.45, 7) is 2.97. The normalized spacial score (nSPS) is 32.7. The molecule has 1 unspecified atom stereocenters. The van der Waals surface area contributed by atoms with E-state index in [2.05, 4.69) is 23.3 Å². The van der Waals surface area contributed by atoms with Gasteiger partial charge in [0.05, 0.1) is 11.3 Å². The standard InChI is InChI=1S/C18H28N2O/c1-2-14-8-10-18(21,11-9-14)13-20-16-7-3-5-15-6-4-12-19-17(15)16/h4,6,12,14,16,20-21H,2-3,5,7-11,13H2,1H3. The Hall–Kier alpha value is -0.930. The second-order valence-corrected chi connectivity index (χ2v) is 6.95. The first-order chi connectivity index (χ1) is 10.2. The van der Waals surface area contributed by atoms with Crippen molar-refractivity contribution in [2.45, 2.75) is 69.9 Å². The van der Waals surface area contributed by atoms with Crippen LogP contribution in [-0.4, -0.2) is 22.2 Å². The van der Waals surface area contributed by atoms with Crippen LogP contribution in [0.5, 0.6) is 0 Å². The molecule has 0 saturated heterocycles. The van der Waals surface area contributed by atoms with E-state index in [0.29, 0.717) is 12.6 Å². The van der Waals surface area contributed by atoms with Gasteiger partial charge in [0.2, 0.25) is 0 Å². The Morgan fingerprint density at radius 2 is 2.14 bits per heavy atom. The largest absolute Gasteiger partial charge is 0.389 e. The van der Waals surface area contributed by atoms with Crippen molar-refractivity contribution in [3.05, 3.63) is 29.6 Å². The summed E-state index contributed by atoms with van der Waals surface area (Å²) in [4.78, 5) is 4.57. The van der Waals surface area contributed by atoms with E-state index in [1.165, 1.54) is 36.9 Å². The highest BCUT2D eigenvalue weighted by molar-refractivity contribution is 5.25. The maximum absolute atomic E-state index is 10.8. The molecule has 1 aromatic rings. The Bertz CT molecular complexity index is 466. The van der Waals surface area contributed by atoms with Crippen LogP contribution in [0.25, 0.3) is 0 Å². The lowest BCUT2D eigenvalue weighted by molar-refractivity contribution is -0.0112. The molecule has 0 aromatic carbocycles. The number of nitrogens with one attached hydrogen (secondary N) is 1. The zero-order valence-electron chi connectivity index (χ0n) is 13.1. The summed E-state index contributed by atoms with van der Waals surface area (Å²) >= 11 is 0. The van der Waals surface area contributed by atoms with Gasteiger partial charge >= 0.3 is 0 Å². The lowest BCUT2D eigenvalue weighted by Crippen LogP contribution is -2.45. The molecule has 0 aliphatic heterocycles. The summed E-state index contributed by atoms with van der Waals surface area (Å²) in [5.74, 6) is 0.822. The number of aliphatic hydroxyl groups is 1. The molecule has 1 fully saturated rings. The molecule has 0 bridgehead atoms. The van der Waals surface area contributed by atoms with E-state index >= 15 is 0 Å². The molecular formula is C18H28N2O. The lowest BCUT2D eigenvalue weighted by Gasteiger charge is -2.37. The molecule has 1 aromatic heterocycles. The molecule has 3 rings (SSSR count). The van der Waals surface area contributed by atoms with E-state index in [1.807, 2.05) is 12.3 Å². The van der Waals surface area contributed by atoms with Crippen molar-refractivity contribution in [2.75, 3.05) is 6.54 Å². The molecule has 0 spiro atoms. The van der Waals surface area contributed by atoms with Crippen LogP contribution < -0.4 is 5.32 Å². The first kappa shape index (κ1) is 15.0. The van der Waals surface area contributed by atoms with E-state index in [4.69, 9.17) is 0 Å². The minimum absolute atomic E-state index is 0.322. The van der Waals surface area contributed by atoms with Gasteiger partial charge in [0.25, 0.3) is 0 Å². The van der Waals surface area contributed by atoms with Gasteiger partial charge in [-0.05, 0) is 62.5 Å². The fourth-order valence-electron chi connectivity index (χ4n) is 3.92. The van der Waals surface area contributed by atoms with Crippen LogP contribution in [0, 0.1) is 5.92 Å². The number of hydrogen-bond acceptors (Lipinski definition) is 3. The lowest BCUT2D eigenvalue weighted by atomic mass is 9.77. The van der Waals surface area contributed by atoms with Crippen LogP contribution in [0.2, 0.25) is 0 Å². The Kier molecular flexibility index (Phi) is 4.60. The van der Waals surface area contributed by atoms with Gasteiger partial charge in [0.15, 0.2) is 0 Å². The summed E-state index contributed by atoms with van der Waals surface area (Å²) in [5, 5.41) is 14.4. The summed E-state index contributed by atoms with van der Waals surface area (Å²) in [7, 11) is 0. The number of nitrogens with zero attached hydrogens (tertiary/aromatic N) is 1. The molecule has 1 saturated carbocycles. The number of pyridine rings is 1. The van der Waals surface area contributed by atoms with Crippen LogP contribution in [0.3, 0.4) is 0 Å². The predicted octanol–water partition coefficient (Wildman–Crippen LogP) is 3.38. The van der Waals surface area contributed by atoms with Gasteiger partial charge in [-0.2, -0.15) is 0 Å². The predicted molar refractivity (Wildman–Crippen MR) is 85.1 cm³/mol.